The van der Waals surface area contributed by atoms with Crippen LogP contribution in [0.3, 0.4) is 0 Å². The Labute approximate surface area is 73.8 Å². The van der Waals surface area contributed by atoms with E-state index in [1.54, 1.807) is 0 Å². The summed E-state index contributed by atoms with van der Waals surface area (Å²) in [7, 11) is 0. The van der Waals surface area contributed by atoms with Crippen molar-refractivity contribution >= 4 is 0 Å². The van der Waals surface area contributed by atoms with E-state index in [0.29, 0.717) is 0 Å². The summed E-state index contributed by atoms with van der Waals surface area (Å²) in [4.78, 5) is 1.02. The first kappa shape index (κ1) is 10.7. The molecule has 1 heterocycles. The van der Waals surface area contributed by atoms with Crippen LogP contribution < -0.4 is 0 Å². The number of rotatable bonds is 1. The van der Waals surface area contributed by atoms with Crippen LogP contribution in [0.5, 0.6) is 0 Å². The van der Waals surface area contributed by atoms with Crippen LogP contribution in [-0.2, 0) is 0 Å². The van der Waals surface area contributed by atoms with Crippen LogP contribution in [0, 0.1) is 0 Å². The Morgan fingerprint density at radius 3 is 2.23 bits per heavy atom. The third-order valence-corrected chi connectivity index (χ3v) is 2.27. The Kier molecular flexibility index (Phi) is 2.84. The number of aliphatic hydroxyl groups excluding tert-OH is 2. The Balaban J connectivity index is 2.54. The molecule has 13 heavy (non-hydrogen) atoms. The average Bonchev–Trinajstić information content (AvgIpc) is 2.15. The van der Waals surface area contributed by atoms with Gasteiger partial charge in [-0.3, -0.25) is 4.90 Å². The van der Waals surface area contributed by atoms with Gasteiger partial charge in [-0.15, -0.1) is 0 Å². The van der Waals surface area contributed by atoms with E-state index < -0.39 is 31.0 Å². The third-order valence-electron chi connectivity index (χ3n) is 2.27. The predicted molar refractivity (Wildman–Crippen MR) is 39.1 cm³/mol. The van der Waals surface area contributed by atoms with Crippen molar-refractivity contribution in [3.05, 3.63) is 0 Å². The molecule has 3 atom stereocenters. The maximum Gasteiger partial charge on any atom is 0.401 e. The van der Waals surface area contributed by atoms with Crippen molar-refractivity contribution in [1.29, 1.82) is 0 Å². The highest BCUT2D eigenvalue weighted by Gasteiger charge is 2.42. The lowest BCUT2D eigenvalue weighted by atomic mass is 10.2. The van der Waals surface area contributed by atoms with E-state index in [2.05, 4.69) is 0 Å². The van der Waals surface area contributed by atoms with Crippen LogP contribution in [0.25, 0.3) is 0 Å². The summed E-state index contributed by atoms with van der Waals surface area (Å²) in [5.74, 6) is 0. The second kappa shape index (κ2) is 3.43. The molecule has 0 aromatic carbocycles. The maximum absolute atomic E-state index is 11.9. The molecular formula is C7H12F3NO2. The molecule has 0 saturated carbocycles. The first-order chi connectivity index (χ1) is 5.81. The fraction of sp³-hybridized carbons (Fsp3) is 1.00. The van der Waals surface area contributed by atoms with Crippen LogP contribution in [0.1, 0.15) is 6.92 Å². The Bertz CT molecular complexity index is 185. The van der Waals surface area contributed by atoms with Gasteiger partial charge in [-0.2, -0.15) is 13.2 Å². The Hall–Kier alpha value is -0.330. The van der Waals surface area contributed by atoms with Gasteiger partial charge in [-0.05, 0) is 6.92 Å². The second-order valence-electron chi connectivity index (χ2n) is 3.34. The standard InChI is InChI=1S/C7H12F3NO2/c1-4-6(13)5(12)2-11(4)3-7(8,9)10/h4-6,12-13H,2-3H2,1H3/t4-,5-,6-/m0/s1. The number of likely N-dealkylation sites (tertiary alicyclic amines) is 1. The number of halogens is 3. The fourth-order valence-electron chi connectivity index (χ4n) is 1.49. The number of β-amino-alcohol motifs (C(OH)–C–C–N with tert-alkyl or cyclic N) is 1. The van der Waals surface area contributed by atoms with Gasteiger partial charge in [0.05, 0.1) is 18.8 Å². The molecule has 0 spiro atoms. The first-order valence-corrected chi connectivity index (χ1v) is 3.98. The van der Waals surface area contributed by atoms with Gasteiger partial charge in [0.25, 0.3) is 0 Å². The predicted octanol–water partition coefficient (Wildman–Crippen LogP) is -0.0254. The van der Waals surface area contributed by atoms with Crippen LogP contribution in [0.15, 0.2) is 0 Å². The topological polar surface area (TPSA) is 43.7 Å². The molecule has 0 radical (unpaired) electrons. The van der Waals surface area contributed by atoms with Crippen molar-refractivity contribution in [2.45, 2.75) is 31.3 Å². The zero-order valence-electron chi connectivity index (χ0n) is 7.12. The van der Waals surface area contributed by atoms with E-state index in [0.717, 1.165) is 4.90 Å². The fourth-order valence-corrected chi connectivity index (χ4v) is 1.49. The minimum absolute atomic E-state index is 0.123. The highest BCUT2D eigenvalue weighted by molar-refractivity contribution is 4.91. The van der Waals surface area contributed by atoms with E-state index in [-0.39, 0.29) is 6.54 Å². The van der Waals surface area contributed by atoms with Crippen molar-refractivity contribution in [2.24, 2.45) is 0 Å². The van der Waals surface area contributed by atoms with Crippen LogP contribution in [0.2, 0.25) is 0 Å². The van der Waals surface area contributed by atoms with Crippen molar-refractivity contribution < 1.29 is 23.4 Å². The van der Waals surface area contributed by atoms with E-state index in [1.165, 1.54) is 6.92 Å². The molecule has 0 unspecified atom stereocenters. The summed E-state index contributed by atoms with van der Waals surface area (Å²) in [6, 6.07) is -0.642. The van der Waals surface area contributed by atoms with Crippen molar-refractivity contribution in [3.8, 4) is 0 Å². The van der Waals surface area contributed by atoms with E-state index in [4.69, 9.17) is 5.11 Å². The third kappa shape index (κ3) is 2.55. The van der Waals surface area contributed by atoms with Crippen LogP contribution in [-0.4, -0.2) is 52.6 Å². The largest absolute Gasteiger partial charge is 0.401 e. The normalized spacial score (nSPS) is 36.9. The highest BCUT2D eigenvalue weighted by atomic mass is 19.4. The minimum Gasteiger partial charge on any atom is -0.389 e. The molecule has 6 heteroatoms. The summed E-state index contributed by atoms with van der Waals surface area (Å²) in [5, 5.41) is 18.3. The molecule has 1 fully saturated rings. The summed E-state index contributed by atoms with van der Waals surface area (Å²) in [6.45, 7) is 0.261. The summed E-state index contributed by atoms with van der Waals surface area (Å²) in [5.41, 5.74) is 0. The number of alkyl halides is 3. The summed E-state index contributed by atoms with van der Waals surface area (Å²) >= 11 is 0. The van der Waals surface area contributed by atoms with Crippen molar-refractivity contribution in [2.75, 3.05) is 13.1 Å². The van der Waals surface area contributed by atoms with Gasteiger partial charge in [0.2, 0.25) is 0 Å². The van der Waals surface area contributed by atoms with Gasteiger partial charge >= 0.3 is 6.18 Å². The smallest absolute Gasteiger partial charge is 0.389 e. The lowest BCUT2D eigenvalue weighted by Crippen LogP contribution is -2.39. The molecule has 3 nitrogen and oxygen atoms in total. The van der Waals surface area contributed by atoms with Crippen molar-refractivity contribution in [3.63, 3.8) is 0 Å². The quantitative estimate of drug-likeness (QED) is 0.623. The lowest BCUT2D eigenvalue weighted by Gasteiger charge is -2.22. The molecule has 1 aliphatic rings. The monoisotopic (exact) mass is 199 g/mol. The molecule has 0 aromatic rings. The second-order valence-corrected chi connectivity index (χ2v) is 3.34. The van der Waals surface area contributed by atoms with Crippen molar-refractivity contribution in [1.82, 2.24) is 4.90 Å². The number of nitrogens with zero attached hydrogens (tertiary/aromatic N) is 1. The van der Waals surface area contributed by atoms with Gasteiger partial charge < -0.3 is 10.2 Å². The van der Waals surface area contributed by atoms with Crippen LogP contribution >= 0.6 is 0 Å². The molecule has 0 amide bonds. The molecule has 2 N–H and O–H groups in total. The average molecular weight is 199 g/mol. The first-order valence-electron chi connectivity index (χ1n) is 3.98. The zero-order chi connectivity index (χ0) is 10.2. The lowest BCUT2D eigenvalue weighted by molar-refractivity contribution is -0.148. The SMILES string of the molecule is C[C@H]1[C@H](O)[C@@H](O)CN1CC(F)(F)F. The number of hydrogen-bond acceptors (Lipinski definition) is 3. The summed E-state index contributed by atoms with van der Waals surface area (Å²) in [6.07, 6.45) is -6.43. The van der Waals surface area contributed by atoms with Crippen LogP contribution in [0.4, 0.5) is 13.2 Å². The molecule has 1 saturated heterocycles. The van der Waals surface area contributed by atoms with Gasteiger partial charge in [-0.25, -0.2) is 0 Å². The highest BCUT2D eigenvalue weighted by Crippen LogP contribution is 2.24. The molecule has 1 aliphatic heterocycles. The van der Waals surface area contributed by atoms with E-state index in [1.807, 2.05) is 0 Å². The van der Waals surface area contributed by atoms with E-state index >= 15 is 0 Å². The zero-order valence-corrected chi connectivity index (χ0v) is 7.12. The maximum atomic E-state index is 11.9. The van der Waals surface area contributed by atoms with E-state index in [9.17, 15) is 18.3 Å². The molecule has 78 valence electrons. The summed E-state index contributed by atoms with van der Waals surface area (Å²) < 4.78 is 35.8. The molecule has 0 aromatic heterocycles. The Morgan fingerprint density at radius 1 is 1.38 bits per heavy atom. The molecular weight excluding hydrogens is 187 g/mol. The molecule has 1 rings (SSSR count). The van der Waals surface area contributed by atoms with Gasteiger partial charge in [0, 0.05) is 12.6 Å². The van der Waals surface area contributed by atoms with Gasteiger partial charge in [0.1, 0.15) is 0 Å². The number of aliphatic hydroxyl groups is 2. The molecule has 0 bridgehead atoms. The minimum atomic E-state index is -4.28. The Morgan fingerprint density at radius 2 is 1.92 bits per heavy atom. The number of hydrogen-bond donors (Lipinski definition) is 2. The van der Waals surface area contributed by atoms with Gasteiger partial charge in [0.15, 0.2) is 0 Å². The molecule has 0 aliphatic carbocycles. The van der Waals surface area contributed by atoms with Gasteiger partial charge in [-0.1, -0.05) is 0 Å².